The summed E-state index contributed by atoms with van der Waals surface area (Å²) in [5.74, 6) is -1.12. The zero-order valence-corrected chi connectivity index (χ0v) is 7.33. The Kier molecular flexibility index (Phi) is 3.82. The van der Waals surface area contributed by atoms with Crippen molar-refractivity contribution in [2.75, 3.05) is 27.2 Å². The maximum absolute atomic E-state index is 9.97. The van der Waals surface area contributed by atoms with Crippen LogP contribution in [0.2, 0.25) is 0 Å². The number of quaternary nitrogens is 1. The van der Waals surface area contributed by atoms with E-state index >= 15 is 0 Å². The van der Waals surface area contributed by atoms with Crippen molar-refractivity contribution in [3.8, 4) is 0 Å². The van der Waals surface area contributed by atoms with Gasteiger partial charge in [0.05, 0.1) is 33.2 Å². The van der Waals surface area contributed by atoms with Crippen LogP contribution in [0, 0.1) is 0 Å². The summed E-state index contributed by atoms with van der Waals surface area (Å²) < 4.78 is 0.795. The lowest BCUT2D eigenvalue weighted by Gasteiger charge is -2.26. The zero-order valence-electron chi connectivity index (χ0n) is 7.33. The number of carboxylic acid groups (broad SMARTS) is 1. The molecule has 0 N–H and O–H groups in total. The molecule has 3 nitrogen and oxygen atoms in total. The normalized spacial score (nSPS) is 12.3. The molecule has 0 amide bonds. The van der Waals surface area contributed by atoms with E-state index in [0.29, 0.717) is 0 Å². The monoisotopic (exact) mass is 157 g/mol. The summed E-state index contributed by atoms with van der Waals surface area (Å²) in [6, 6.07) is 0. The molecule has 0 aromatic heterocycles. The number of nitrogens with zero attached hydrogens (tertiary/aromatic N) is 1. The van der Waals surface area contributed by atoms with Gasteiger partial charge in [0.15, 0.2) is 0 Å². The van der Waals surface area contributed by atoms with Crippen molar-refractivity contribution in [2.24, 2.45) is 0 Å². The molecular formula is C8H15NO2. The van der Waals surface area contributed by atoms with E-state index in [9.17, 15) is 9.90 Å². The van der Waals surface area contributed by atoms with Gasteiger partial charge in [-0.25, -0.2) is 0 Å². The van der Waals surface area contributed by atoms with Crippen molar-refractivity contribution in [2.45, 2.75) is 6.92 Å². The Hall–Kier alpha value is -0.830. The minimum atomic E-state index is -1.12. The molecule has 0 fully saturated rings. The summed E-state index contributed by atoms with van der Waals surface area (Å²) in [5.41, 5.74) is 0. The van der Waals surface area contributed by atoms with Gasteiger partial charge >= 0.3 is 0 Å². The van der Waals surface area contributed by atoms with E-state index in [1.54, 1.807) is 6.08 Å². The first-order chi connectivity index (χ1) is 4.98. The van der Waals surface area contributed by atoms with Crippen LogP contribution < -0.4 is 5.11 Å². The highest BCUT2D eigenvalue weighted by Crippen LogP contribution is 1.94. The largest absolute Gasteiger partial charge is 0.545 e. The standard InChI is InChI=1S/C8H15NO2/c1-4-9(2,3)7-5-6-8(10)11/h5-6H,4,7H2,1-3H3/b6-5+. The first-order valence-corrected chi connectivity index (χ1v) is 3.67. The topological polar surface area (TPSA) is 40.1 Å². The van der Waals surface area contributed by atoms with Gasteiger partial charge in [-0.2, -0.15) is 0 Å². The average Bonchev–Trinajstić information content (AvgIpc) is 1.87. The van der Waals surface area contributed by atoms with Crippen molar-refractivity contribution >= 4 is 5.97 Å². The van der Waals surface area contributed by atoms with Crippen molar-refractivity contribution in [1.82, 2.24) is 0 Å². The van der Waals surface area contributed by atoms with Gasteiger partial charge in [-0.3, -0.25) is 0 Å². The third-order valence-corrected chi connectivity index (χ3v) is 1.71. The molecule has 11 heavy (non-hydrogen) atoms. The predicted molar refractivity (Wildman–Crippen MR) is 41.7 cm³/mol. The number of likely N-dealkylation sites (N-methyl/N-ethyl adjacent to an activating group) is 1. The lowest BCUT2D eigenvalue weighted by atomic mass is 10.4. The smallest absolute Gasteiger partial charge is 0.0973 e. The van der Waals surface area contributed by atoms with Gasteiger partial charge in [-0.15, -0.1) is 0 Å². The second kappa shape index (κ2) is 4.13. The van der Waals surface area contributed by atoms with Crippen LogP contribution in [-0.2, 0) is 4.79 Å². The molecule has 0 bridgehead atoms. The van der Waals surface area contributed by atoms with E-state index in [1.165, 1.54) is 0 Å². The van der Waals surface area contributed by atoms with E-state index in [-0.39, 0.29) is 0 Å². The summed E-state index contributed by atoms with van der Waals surface area (Å²) in [6.45, 7) is 3.77. The van der Waals surface area contributed by atoms with Crippen LogP contribution in [0.15, 0.2) is 12.2 Å². The van der Waals surface area contributed by atoms with Crippen LogP contribution in [0.25, 0.3) is 0 Å². The minimum absolute atomic E-state index is 0.727. The maximum atomic E-state index is 9.97. The van der Waals surface area contributed by atoms with Crippen LogP contribution in [-0.4, -0.2) is 37.6 Å². The fourth-order valence-electron chi connectivity index (χ4n) is 0.563. The first-order valence-electron chi connectivity index (χ1n) is 3.67. The van der Waals surface area contributed by atoms with E-state index < -0.39 is 5.97 Å². The van der Waals surface area contributed by atoms with E-state index in [4.69, 9.17) is 0 Å². The third-order valence-electron chi connectivity index (χ3n) is 1.71. The minimum Gasteiger partial charge on any atom is -0.545 e. The molecule has 0 saturated heterocycles. The van der Waals surface area contributed by atoms with Crippen molar-refractivity contribution in [1.29, 1.82) is 0 Å². The van der Waals surface area contributed by atoms with Crippen molar-refractivity contribution in [3.05, 3.63) is 12.2 Å². The number of carboxylic acids is 1. The van der Waals surface area contributed by atoms with E-state index in [2.05, 4.69) is 6.92 Å². The Morgan fingerprint density at radius 1 is 1.55 bits per heavy atom. The number of carbonyl (C=O) groups excluding carboxylic acids is 1. The summed E-state index contributed by atoms with van der Waals surface area (Å²) >= 11 is 0. The second-order valence-electron chi connectivity index (χ2n) is 3.16. The molecule has 0 heterocycles. The molecule has 0 aliphatic carbocycles. The van der Waals surface area contributed by atoms with Crippen molar-refractivity contribution < 1.29 is 14.4 Å². The molecule has 0 aliphatic rings. The summed E-state index contributed by atoms with van der Waals surface area (Å²) in [5, 5.41) is 9.97. The van der Waals surface area contributed by atoms with Gasteiger partial charge < -0.3 is 14.4 Å². The number of aliphatic carboxylic acids is 1. The lowest BCUT2D eigenvalue weighted by Crippen LogP contribution is -2.39. The van der Waals surface area contributed by atoms with E-state index in [0.717, 1.165) is 23.6 Å². The Balaban J connectivity index is 3.78. The summed E-state index contributed by atoms with van der Waals surface area (Å²) in [6.07, 6.45) is 2.70. The molecule has 0 rings (SSSR count). The Bertz CT molecular complexity index is 161. The van der Waals surface area contributed by atoms with Gasteiger partial charge in [0.25, 0.3) is 0 Å². The molecule has 0 atom stereocenters. The van der Waals surface area contributed by atoms with Crippen molar-refractivity contribution in [3.63, 3.8) is 0 Å². The van der Waals surface area contributed by atoms with Gasteiger partial charge in [-0.05, 0) is 19.1 Å². The summed E-state index contributed by atoms with van der Waals surface area (Å²) in [7, 11) is 4.08. The van der Waals surface area contributed by atoms with Crippen LogP contribution in [0.4, 0.5) is 0 Å². The number of hydrogen-bond donors (Lipinski definition) is 0. The van der Waals surface area contributed by atoms with Gasteiger partial charge in [0.2, 0.25) is 0 Å². The molecule has 64 valence electrons. The molecule has 0 unspecified atom stereocenters. The highest BCUT2D eigenvalue weighted by atomic mass is 16.4. The van der Waals surface area contributed by atoms with Crippen LogP contribution >= 0.6 is 0 Å². The zero-order chi connectivity index (χ0) is 8.91. The highest BCUT2D eigenvalue weighted by molar-refractivity contribution is 5.77. The molecule has 0 spiro atoms. The van der Waals surface area contributed by atoms with Crippen LogP contribution in [0.3, 0.4) is 0 Å². The quantitative estimate of drug-likeness (QED) is 0.403. The highest BCUT2D eigenvalue weighted by Gasteiger charge is 2.07. The number of hydrogen-bond acceptors (Lipinski definition) is 2. The van der Waals surface area contributed by atoms with E-state index in [1.807, 2.05) is 14.1 Å². The SMILES string of the molecule is CC[N+](C)(C)C/C=C/C(=O)[O-]. The van der Waals surface area contributed by atoms with Crippen LogP contribution in [0.1, 0.15) is 6.92 Å². The Morgan fingerprint density at radius 2 is 2.09 bits per heavy atom. The fourth-order valence-corrected chi connectivity index (χ4v) is 0.563. The molecule has 0 aromatic rings. The number of rotatable bonds is 4. The third kappa shape index (κ3) is 5.61. The molecule has 0 saturated carbocycles. The Morgan fingerprint density at radius 3 is 2.45 bits per heavy atom. The number of carbonyl (C=O) groups is 1. The maximum Gasteiger partial charge on any atom is 0.0973 e. The molecule has 3 heteroatoms. The molecule has 0 aromatic carbocycles. The molecule has 0 radical (unpaired) electrons. The fraction of sp³-hybridized carbons (Fsp3) is 0.625. The van der Waals surface area contributed by atoms with Crippen LogP contribution in [0.5, 0.6) is 0 Å². The average molecular weight is 157 g/mol. The molecular weight excluding hydrogens is 142 g/mol. The predicted octanol–water partition coefficient (Wildman–Crippen LogP) is -0.611. The van der Waals surface area contributed by atoms with Gasteiger partial charge in [-0.1, -0.05) is 0 Å². The lowest BCUT2D eigenvalue weighted by molar-refractivity contribution is -0.882. The Labute approximate surface area is 67.5 Å². The van der Waals surface area contributed by atoms with Gasteiger partial charge in [0.1, 0.15) is 0 Å². The first kappa shape index (κ1) is 10.2. The summed E-state index contributed by atoms with van der Waals surface area (Å²) in [4.78, 5) is 9.97. The molecule has 0 aliphatic heterocycles. The second-order valence-corrected chi connectivity index (χ2v) is 3.16. The van der Waals surface area contributed by atoms with Gasteiger partial charge in [0, 0.05) is 0 Å².